The van der Waals surface area contributed by atoms with Crippen molar-refractivity contribution >= 4 is 34.4 Å². The number of amides is 1. The second-order valence-electron chi connectivity index (χ2n) is 7.48. The van der Waals surface area contributed by atoms with Gasteiger partial charge in [0.15, 0.2) is 22.3 Å². The smallest absolute Gasteiger partial charge is 0.265 e. The number of nitrogens with one attached hydrogen (secondary N) is 1. The van der Waals surface area contributed by atoms with Crippen molar-refractivity contribution in [3.8, 4) is 17.2 Å². The van der Waals surface area contributed by atoms with Crippen LogP contribution in [-0.4, -0.2) is 37.8 Å². The highest BCUT2D eigenvalue weighted by Crippen LogP contribution is 2.36. The van der Waals surface area contributed by atoms with Gasteiger partial charge in [0, 0.05) is 23.9 Å². The molecule has 2 aromatic carbocycles. The molecule has 4 heterocycles. The van der Waals surface area contributed by atoms with Gasteiger partial charge in [-0.3, -0.25) is 14.2 Å². The normalized spacial score (nSPS) is 16.3. The van der Waals surface area contributed by atoms with Crippen molar-refractivity contribution < 1.29 is 14.3 Å². The topological polar surface area (TPSA) is 100 Å². The van der Waals surface area contributed by atoms with Crippen LogP contribution in [0.1, 0.15) is 12.5 Å². The van der Waals surface area contributed by atoms with Crippen molar-refractivity contribution in [1.82, 2.24) is 19.3 Å². The first-order valence-corrected chi connectivity index (χ1v) is 11.0. The van der Waals surface area contributed by atoms with Crippen LogP contribution in [0.5, 0.6) is 11.5 Å². The van der Waals surface area contributed by atoms with Crippen LogP contribution in [0.4, 0.5) is 5.69 Å². The summed E-state index contributed by atoms with van der Waals surface area (Å²) in [5, 5.41) is 8.27. The number of fused-ring (bicyclic) bond motifs is 3. The fourth-order valence-electron chi connectivity index (χ4n) is 3.94. The van der Waals surface area contributed by atoms with Crippen LogP contribution in [0, 0.1) is 0 Å². The van der Waals surface area contributed by atoms with Crippen LogP contribution in [0.3, 0.4) is 0 Å². The predicted molar refractivity (Wildman–Crippen MR) is 119 cm³/mol. The molecule has 0 unspecified atom stereocenters. The van der Waals surface area contributed by atoms with Gasteiger partial charge in [-0.15, -0.1) is 0 Å². The third-order valence-corrected chi connectivity index (χ3v) is 6.55. The van der Waals surface area contributed by atoms with E-state index in [-0.39, 0.29) is 30.7 Å². The second-order valence-corrected chi connectivity index (χ2v) is 8.47. The number of carbonyl (C=O) groups excluding carboxylic acids is 1. The van der Waals surface area contributed by atoms with Crippen LogP contribution in [0.25, 0.3) is 16.7 Å². The third-order valence-electron chi connectivity index (χ3n) is 5.45. The molecule has 0 radical (unpaired) electrons. The number of anilines is 1. The summed E-state index contributed by atoms with van der Waals surface area (Å²) in [6.07, 6.45) is 1.70. The van der Waals surface area contributed by atoms with E-state index in [4.69, 9.17) is 14.5 Å². The molecule has 1 atom stereocenters. The maximum Gasteiger partial charge on any atom is 0.265 e. The number of thioether (sulfide) groups is 1. The van der Waals surface area contributed by atoms with E-state index in [2.05, 4.69) is 10.4 Å². The Morgan fingerprint density at radius 3 is 2.88 bits per heavy atom. The summed E-state index contributed by atoms with van der Waals surface area (Å²) in [5.74, 6) is 1.67. The molecule has 0 saturated carbocycles. The SMILES string of the molecule is O=C(C[C@@H]1CSc2nc3c(cnn3-c3ccccc3)c(=O)n21)Nc1ccc2c(c1)OCO2. The standard InChI is InChI=1S/C22H17N5O4S/c28-19(24-13-6-7-17-18(8-13)31-12-30-17)9-15-11-32-22-25-20-16(21(29)26(15)22)10-23-27(20)14-4-2-1-3-5-14/h1-8,10,15H,9,11-12H2,(H,24,28)/t15-/m1/s1. The highest BCUT2D eigenvalue weighted by Gasteiger charge is 2.29. The molecule has 1 N–H and O–H groups in total. The molecule has 10 heteroatoms. The van der Waals surface area contributed by atoms with Gasteiger partial charge in [-0.2, -0.15) is 5.10 Å². The fourth-order valence-corrected chi connectivity index (χ4v) is 5.07. The molecule has 4 aromatic rings. The molecule has 32 heavy (non-hydrogen) atoms. The molecular weight excluding hydrogens is 430 g/mol. The molecule has 6 rings (SSSR count). The Hall–Kier alpha value is -3.79. The molecule has 2 aromatic heterocycles. The lowest BCUT2D eigenvalue weighted by Crippen LogP contribution is -2.27. The van der Waals surface area contributed by atoms with Gasteiger partial charge in [-0.1, -0.05) is 30.0 Å². The Morgan fingerprint density at radius 1 is 1.16 bits per heavy atom. The van der Waals surface area contributed by atoms with Gasteiger partial charge in [0.1, 0.15) is 5.39 Å². The summed E-state index contributed by atoms with van der Waals surface area (Å²) in [6.45, 7) is 0.175. The molecule has 2 aliphatic rings. The van der Waals surface area contributed by atoms with Gasteiger partial charge in [0.05, 0.1) is 17.9 Å². The zero-order valence-corrected chi connectivity index (χ0v) is 17.5. The number of ether oxygens (including phenoxy) is 2. The first kappa shape index (κ1) is 18.9. The van der Waals surface area contributed by atoms with Crippen molar-refractivity contribution in [1.29, 1.82) is 0 Å². The zero-order valence-electron chi connectivity index (χ0n) is 16.7. The van der Waals surface area contributed by atoms with Crippen LogP contribution in [-0.2, 0) is 4.79 Å². The quantitative estimate of drug-likeness (QED) is 0.480. The molecule has 0 saturated heterocycles. The van der Waals surface area contributed by atoms with E-state index in [0.717, 1.165) is 5.69 Å². The van der Waals surface area contributed by atoms with E-state index >= 15 is 0 Å². The Bertz CT molecular complexity index is 1420. The van der Waals surface area contributed by atoms with Gasteiger partial charge < -0.3 is 14.8 Å². The number of carbonyl (C=O) groups is 1. The minimum absolute atomic E-state index is 0.161. The Balaban J connectivity index is 1.27. The number of hydrogen-bond acceptors (Lipinski definition) is 7. The molecule has 0 aliphatic carbocycles. The van der Waals surface area contributed by atoms with Crippen LogP contribution >= 0.6 is 11.8 Å². The van der Waals surface area contributed by atoms with Crippen molar-refractivity contribution in [3.63, 3.8) is 0 Å². The Morgan fingerprint density at radius 2 is 2.00 bits per heavy atom. The molecular formula is C22H17N5O4S. The number of hydrogen-bond donors (Lipinski definition) is 1. The van der Waals surface area contributed by atoms with Crippen molar-refractivity contribution in [2.24, 2.45) is 0 Å². The largest absolute Gasteiger partial charge is 0.454 e. The maximum atomic E-state index is 13.2. The van der Waals surface area contributed by atoms with Gasteiger partial charge in [-0.05, 0) is 24.3 Å². The molecule has 0 fully saturated rings. The monoisotopic (exact) mass is 447 g/mol. The average Bonchev–Trinajstić information content (AvgIpc) is 3.53. The highest BCUT2D eigenvalue weighted by molar-refractivity contribution is 7.99. The molecule has 160 valence electrons. The van der Waals surface area contributed by atoms with E-state index in [9.17, 15) is 9.59 Å². The van der Waals surface area contributed by atoms with E-state index < -0.39 is 0 Å². The van der Waals surface area contributed by atoms with E-state index in [1.807, 2.05) is 30.3 Å². The summed E-state index contributed by atoms with van der Waals surface area (Å²) < 4.78 is 13.9. The minimum Gasteiger partial charge on any atom is -0.454 e. The summed E-state index contributed by atoms with van der Waals surface area (Å²) in [5.41, 5.74) is 1.79. The summed E-state index contributed by atoms with van der Waals surface area (Å²) in [4.78, 5) is 30.6. The van der Waals surface area contributed by atoms with E-state index in [1.165, 1.54) is 18.0 Å². The van der Waals surface area contributed by atoms with Gasteiger partial charge in [0.25, 0.3) is 5.56 Å². The molecule has 1 amide bonds. The second kappa shape index (κ2) is 7.41. The summed E-state index contributed by atoms with van der Waals surface area (Å²) in [7, 11) is 0. The molecule has 0 bridgehead atoms. The molecule has 9 nitrogen and oxygen atoms in total. The number of aromatic nitrogens is 4. The van der Waals surface area contributed by atoms with Gasteiger partial charge in [0.2, 0.25) is 12.7 Å². The molecule has 0 spiro atoms. The number of rotatable bonds is 4. The first-order chi connectivity index (χ1) is 15.7. The average molecular weight is 447 g/mol. The predicted octanol–water partition coefficient (Wildman–Crippen LogP) is 2.99. The summed E-state index contributed by atoms with van der Waals surface area (Å²) in [6, 6.07) is 14.5. The number of para-hydroxylation sites is 1. The number of nitrogens with zero attached hydrogens (tertiary/aromatic N) is 4. The van der Waals surface area contributed by atoms with Crippen LogP contribution in [0.15, 0.2) is 64.7 Å². The van der Waals surface area contributed by atoms with Gasteiger partial charge >= 0.3 is 0 Å². The lowest BCUT2D eigenvalue weighted by atomic mass is 10.2. The third kappa shape index (κ3) is 3.11. The van der Waals surface area contributed by atoms with E-state index in [0.29, 0.717) is 39.1 Å². The van der Waals surface area contributed by atoms with Crippen molar-refractivity contribution in [2.75, 3.05) is 17.9 Å². The maximum absolute atomic E-state index is 13.2. The Kier molecular flexibility index (Phi) is 4.39. The Labute approximate surface area is 186 Å². The highest BCUT2D eigenvalue weighted by atomic mass is 32.2. The van der Waals surface area contributed by atoms with Gasteiger partial charge in [-0.25, -0.2) is 9.67 Å². The lowest BCUT2D eigenvalue weighted by molar-refractivity contribution is -0.116. The van der Waals surface area contributed by atoms with Crippen LogP contribution in [0.2, 0.25) is 0 Å². The minimum atomic E-state index is -0.284. The van der Waals surface area contributed by atoms with Crippen molar-refractivity contribution in [2.45, 2.75) is 17.6 Å². The van der Waals surface area contributed by atoms with Crippen molar-refractivity contribution in [3.05, 3.63) is 65.1 Å². The zero-order chi connectivity index (χ0) is 21.7. The van der Waals surface area contributed by atoms with E-state index in [1.54, 1.807) is 27.4 Å². The number of benzene rings is 2. The fraction of sp³-hybridized carbons (Fsp3) is 0.182. The lowest BCUT2D eigenvalue weighted by Gasteiger charge is -2.13. The van der Waals surface area contributed by atoms with Crippen LogP contribution < -0.4 is 20.3 Å². The summed E-state index contributed by atoms with van der Waals surface area (Å²) >= 11 is 1.47. The first-order valence-electron chi connectivity index (χ1n) is 10.1. The molecule has 2 aliphatic heterocycles.